The Morgan fingerprint density at radius 3 is 2.38 bits per heavy atom. The summed E-state index contributed by atoms with van der Waals surface area (Å²) >= 11 is 0. The van der Waals surface area contributed by atoms with Gasteiger partial charge in [-0.2, -0.15) is 0 Å². The first-order valence-corrected chi connectivity index (χ1v) is 9.31. The molecule has 8 heteroatoms. The van der Waals surface area contributed by atoms with Crippen LogP contribution >= 0.6 is 0 Å². The van der Waals surface area contributed by atoms with Gasteiger partial charge in [0.05, 0.1) is 5.75 Å². The molecule has 0 heterocycles. The number of carbonyl (C=O) groups is 2. The SMILES string of the molecule is CCS(=O)(=O)N(C)CCCNC(=O)COc1ccc(C(C)=O)cc1. The van der Waals surface area contributed by atoms with Gasteiger partial charge in [0.1, 0.15) is 5.75 Å². The number of sulfonamides is 1. The van der Waals surface area contributed by atoms with Crippen molar-refractivity contribution < 1.29 is 22.7 Å². The maximum absolute atomic E-state index is 11.7. The number of rotatable bonds is 10. The summed E-state index contributed by atoms with van der Waals surface area (Å²) in [6.45, 7) is 3.65. The van der Waals surface area contributed by atoms with Gasteiger partial charge >= 0.3 is 0 Å². The third-order valence-corrected chi connectivity index (χ3v) is 5.30. The summed E-state index contributed by atoms with van der Waals surface area (Å²) in [6, 6.07) is 6.54. The molecule has 1 amide bonds. The van der Waals surface area contributed by atoms with Crippen molar-refractivity contribution in [3.63, 3.8) is 0 Å². The predicted octanol–water partition coefficient (Wildman–Crippen LogP) is 1.06. The molecule has 24 heavy (non-hydrogen) atoms. The van der Waals surface area contributed by atoms with Gasteiger partial charge in [-0.15, -0.1) is 0 Å². The Labute approximate surface area is 143 Å². The van der Waals surface area contributed by atoms with Gasteiger partial charge in [0, 0.05) is 25.7 Å². The van der Waals surface area contributed by atoms with Crippen molar-refractivity contribution in [3.8, 4) is 5.75 Å². The van der Waals surface area contributed by atoms with Gasteiger partial charge in [-0.25, -0.2) is 12.7 Å². The molecule has 0 aromatic heterocycles. The Morgan fingerprint density at radius 2 is 1.83 bits per heavy atom. The fraction of sp³-hybridized carbons (Fsp3) is 0.500. The normalized spacial score (nSPS) is 11.3. The van der Waals surface area contributed by atoms with Crippen LogP contribution in [0.2, 0.25) is 0 Å². The van der Waals surface area contributed by atoms with Crippen LogP contribution in [0.25, 0.3) is 0 Å². The smallest absolute Gasteiger partial charge is 0.257 e. The van der Waals surface area contributed by atoms with Crippen molar-refractivity contribution in [2.45, 2.75) is 20.3 Å². The average molecular weight is 356 g/mol. The molecule has 0 saturated carbocycles. The summed E-state index contributed by atoms with van der Waals surface area (Å²) in [7, 11) is -1.66. The number of hydrogen-bond acceptors (Lipinski definition) is 5. The lowest BCUT2D eigenvalue weighted by molar-refractivity contribution is -0.123. The zero-order chi connectivity index (χ0) is 18.2. The lowest BCUT2D eigenvalue weighted by atomic mass is 10.1. The predicted molar refractivity (Wildman–Crippen MR) is 91.7 cm³/mol. The summed E-state index contributed by atoms with van der Waals surface area (Å²) in [4.78, 5) is 22.8. The average Bonchev–Trinajstić information content (AvgIpc) is 2.56. The van der Waals surface area contributed by atoms with E-state index in [0.717, 1.165) is 0 Å². The van der Waals surface area contributed by atoms with Gasteiger partial charge < -0.3 is 10.1 Å². The fourth-order valence-electron chi connectivity index (χ4n) is 1.87. The Kier molecular flexibility index (Phi) is 7.87. The third kappa shape index (κ3) is 6.67. The number of nitrogens with one attached hydrogen (secondary N) is 1. The summed E-state index contributed by atoms with van der Waals surface area (Å²) in [5, 5.41) is 2.67. The van der Waals surface area contributed by atoms with Crippen LogP contribution < -0.4 is 10.1 Å². The monoisotopic (exact) mass is 356 g/mol. The molecule has 134 valence electrons. The van der Waals surface area contributed by atoms with Gasteiger partial charge in [0.25, 0.3) is 5.91 Å². The lowest BCUT2D eigenvalue weighted by Gasteiger charge is -2.15. The Balaban J connectivity index is 2.26. The molecule has 0 aliphatic rings. The largest absolute Gasteiger partial charge is 0.484 e. The molecule has 0 aliphatic carbocycles. The van der Waals surface area contributed by atoms with Gasteiger partial charge in [0.15, 0.2) is 12.4 Å². The zero-order valence-corrected chi connectivity index (χ0v) is 15.1. The highest BCUT2D eigenvalue weighted by Gasteiger charge is 2.14. The first kappa shape index (κ1) is 20.1. The van der Waals surface area contributed by atoms with Crippen molar-refractivity contribution in [3.05, 3.63) is 29.8 Å². The van der Waals surface area contributed by atoms with E-state index >= 15 is 0 Å². The molecule has 1 aromatic rings. The van der Waals surface area contributed by atoms with Gasteiger partial charge in [-0.05, 0) is 44.5 Å². The highest BCUT2D eigenvalue weighted by molar-refractivity contribution is 7.89. The van der Waals surface area contributed by atoms with Crippen LogP contribution in [0.15, 0.2) is 24.3 Å². The van der Waals surface area contributed by atoms with E-state index in [1.54, 1.807) is 31.2 Å². The number of ether oxygens (including phenoxy) is 1. The van der Waals surface area contributed by atoms with Crippen molar-refractivity contribution in [2.75, 3.05) is 32.5 Å². The summed E-state index contributed by atoms with van der Waals surface area (Å²) < 4.78 is 29.7. The van der Waals surface area contributed by atoms with E-state index in [-0.39, 0.29) is 24.1 Å². The standard InChI is InChI=1S/C16H24N2O5S/c1-4-24(21,22)18(3)11-5-10-17-16(20)12-23-15-8-6-14(7-9-15)13(2)19/h6-9H,4-5,10-12H2,1-3H3,(H,17,20). The van der Waals surface area contributed by atoms with Crippen LogP contribution in [0.3, 0.4) is 0 Å². The van der Waals surface area contributed by atoms with Crippen molar-refractivity contribution >= 4 is 21.7 Å². The van der Waals surface area contributed by atoms with Crippen LogP contribution in [-0.4, -0.2) is 56.9 Å². The number of hydrogen-bond donors (Lipinski definition) is 1. The molecule has 0 saturated heterocycles. The molecular formula is C16H24N2O5S. The number of amides is 1. The number of ketones is 1. The first-order valence-electron chi connectivity index (χ1n) is 7.70. The van der Waals surface area contributed by atoms with Crippen LogP contribution in [0.4, 0.5) is 0 Å². The molecule has 0 atom stereocenters. The van der Waals surface area contributed by atoms with E-state index in [4.69, 9.17) is 4.74 Å². The van der Waals surface area contributed by atoms with E-state index in [1.165, 1.54) is 18.3 Å². The van der Waals surface area contributed by atoms with Crippen molar-refractivity contribution in [1.29, 1.82) is 0 Å². The molecule has 0 unspecified atom stereocenters. The minimum Gasteiger partial charge on any atom is -0.484 e. The second-order valence-corrected chi connectivity index (χ2v) is 7.66. The highest BCUT2D eigenvalue weighted by Crippen LogP contribution is 2.12. The van der Waals surface area contributed by atoms with Gasteiger partial charge in [-0.3, -0.25) is 9.59 Å². The maximum Gasteiger partial charge on any atom is 0.257 e. The quantitative estimate of drug-likeness (QED) is 0.500. The summed E-state index contributed by atoms with van der Waals surface area (Å²) in [6.07, 6.45) is 0.523. The second-order valence-electron chi connectivity index (χ2n) is 5.29. The highest BCUT2D eigenvalue weighted by atomic mass is 32.2. The molecule has 0 fully saturated rings. The Bertz CT molecular complexity index is 656. The Hall–Kier alpha value is -1.93. The molecular weight excluding hydrogens is 332 g/mol. The molecule has 1 aromatic carbocycles. The fourth-order valence-corrected chi connectivity index (χ4v) is 2.72. The zero-order valence-electron chi connectivity index (χ0n) is 14.2. The molecule has 0 bridgehead atoms. The lowest BCUT2D eigenvalue weighted by Crippen LogP contribution is -2.34. The summed E-state index contributed by atoms with van der Waals surface area (Å²) in [5.41, 5.74) is 0.581. The Morgan fingerprint density at radius 1 is 1.21 bits per heavy atom. The number of Topliss-reactive ketones (excluding diaryl/α,β-unsaturated/α-hetero) is 1. The summed E-state index contributed by atoms with van der Waals surface area (Å²) in [5.74, 6) is 0.247. The third-order valence-electron chi connectivity index (χ3n) is 3.44. The van der Waals surface area contributed by atoms with Crippen LogP contribution in [0.5, 0.6) is 5.75 Å². The van der Waals surface area contributed by atoms with E-state index in [1.807, 2.05) is 0 Å². The van der Waals surface area contributed by atoms with Crippen LogP contribution in [0.1, 0.15) is 30.6 Å². The molecule has 0 radical (unpaired) electrons. The molecule has 7 nitrogen and oxygen atoms in total. The van der Waals surface area contributed by atoms with E-state index in [9.17, 15) is 18.0 Å². The van der Waals surface area contributed by atoms with E-state index in [2.05, 4.69) is 5.32 Å². The molecule has 0 spiro atoms. The van der Waals surface area contributed by atoms with Crippen molar-refractivity contribution in [2.24, 2.45) is 0 Å². The molecule has 0 aliphatic heterocycles. The second kappa shape index (κ2) is 9.39. The first-order chi connectivity index (χ1) is 11.3. The van der Waals surface area contributed by atoms with E-state index < -0.39 is 10.0 Å². The molecule has 1 rings (SSSR count). The van der Waals surface area contributed by atoms with Crippen LogP contribution in [0, 0.1) is 0 Å². The van der Waals surface area contributed by atoms with Crippen molar-refractivity contribution in [1.82, 2.24) is 9.62 Å². The maximum atomic E-state index is 11.7. The van der Waals surface area contributed by atoms with Crippen LogP contribution in [-0.2, 0) is 14.8 Å². The van der Waals surface area contributed by atoms with Gasteiger partial charge in [0.2, 0.25) is 10.0 Å². The molecule has 1 N–H and O–H groups in total. The van der Waals surface area contributed by atoms with Gasteiger partial charge in [-0.1, -0.05) is 0 Å². The number of nitrogens with zero attached hydrogens (tertiary/aromatic N) is 1. The topological polar surface area (TPSA) is 92.8 Å². The minimum absolute atomic E-state index is 0.0330. The van der Waals surface area contributed by atoms with E-state index in [0.29, 0.717) is 30.8 Å². The minimum atomic E-state index is -3.18. The number of carbonyl (C=O) groups excluding carboxylic acids is 2. The number of benzene rings is 1.